The molecule has 0 aromatic heterocycles. The van der Waals surface area contributed by atoms with Gasteiger partial charge in [0, 0.05) is 6.61 Å². The third-order valence-corrected chi connectivity index (χ3v) is 3.24. The first kappa shape index (κ1) is 12.5. The molecule has 3 heteroatoms. The van der Waals surface area contributed by atoms with Crippen LogP contribution in [0.15, 0.2) is 24.3 Å². The van der Waals surface area contributed by atoms with E-state index >= 15 is 0 Å². The molecule has 1 aromatic carbocycles. The van der Waals surface area contributed by atoms with E-state index in [1.54, 1.807) is 0 Å². The van der Waals surface area contributed by atoms with Crippen LogP contribution in [-0.4, -0.2) is 19.3 Å². The van der Waals surface area contributed by atoms with Crippen LogP contribution in [0.4, 0.5) is 4.39 Å². The molecule has 0 radical (unpaired) electrons. The van der Waals surface area contributed by atoms with Crippen LogP contribution in [0.5, 0.6) is 0 Å². The van der Waals surface area contributed by atoms with Gasteiger partial charge in [-0.25, -0.2) is 4.39 Å². The molecule has 1 N–H and O–H groups in total. The lowest BCUT2D eigenvalue weighted by molar-refractivity contribution is -0.00787. The highest BCUT2D eigenvalue weighted by Gasteiger charge is 2.25. The maximum atomic E-state index is 12.9. The van der Waals surface area contributed by atoms with E-state index in [-0.39, 0.29) is 18.0 Å². The fourth-order valence-corrected chi connectivity index (χ4v) is 2.38. The average Bonchev–Trinajstić information content (AvgIpc) is 2.38. The minimum Gasteiger partial charge on any atom is -0.376 e. The van der Waals surface area contributed by atoms with Crippen LogP contribution in [0, 0.1) is 5.82 Å². The Balaban J connectivity index is 2.12. The lowest BCUT2D eigenvalue weighted by Gasteiger charge is -2.31. The van der Waals surface area contributed by atoms with Crippen LogP contribution in [0.3, 0.4) is 0 Å². The number of benzene rings is 1. The first-order valence-corrected chi connectivity index (χ1v) is 6.41. The molecule has 1 fully saturated rings. The van der Waals surface area contributed by atoms with E-state index in [1.807, 2.05) is 12.1 Å². The first-order valence-electron chi connectivity index (χ1n) is 6.41. The van der Waals surface area contributed by atoms with Crippen LogP contribution in [0.2, 0.25) is 0 Å². The number of ether oxygens (including phenoxy) is 1. The molecule has 0 spiro atoms. The Morgan fingerprint density at radius 1 is 1.35 bits per heavy atom. The lowest BCUT2D eigenvalue weighted by Crippen LogP contribution is -2.35. The number of likely N-dealkylation sites (N-methyl/N-ethyl adjacent to an activating group) is 1. The fraction of sp³-hybridized carbons (Fsp3) is 0.571. The monoisotopic (exact) mass is 237 g/mol. The largest absolute Gasteiger partial charge is 0.376 e. The highest BCUT2D eigenvalue weighted by molar-refractivity contribution is 5.21. The van der Waals surface area contributed by atoms with Crippen LogP contribution in [0.1, 0.15) is 37.8 Å². The second-order valence-corrected chi connectivity index (χ2v) is 4.49. The Kier molecular flexibility index (Phi) is 4.51. The van der Waals surface area contributed by atoms with Gasteiger partial charge in [0.25, 0.3) is 0 Å². The van der Waals surface area contributed by atoms with Crippen LogP contribution < -0.4 is 5.32 Å². The van der Waals surface area contributed by atoms with Crippen molar-refractivity contribution >= 4 is 0 Å². The van der Waals surface area contributed by atoms with Gasteiger partial charge in [-0.15, -0.1) is 0 Å². The van der Waals surface area contributed by atoms with Crippen molar-refractivity contribution in [2.75, 3.05) is 13.2 Å². The van der Waals surface area contributed by atoms with E-state index in [4.69, 9.17) is 4.74 Å². The molecule has 1 saturated heterocycles. The number of halogens is 1. The van der Waals surface area contributed by atoms with Crippen molar-refractivity contribution in [1.82, 2.24) is 5.32 Å². The smallest absolute Gasteiger partial charge is 0.123 e. The molecule has 94 valence electrons. The number of rotatable bonds is 4. The van der Waals surface area contributed by atoms with Crippen LogP contribution in [0.25, 0.3) is 0 Å². The molecule has 1 heterocycles. The Hall–Kier alpha value is -0.930. The van der Waals surface area contributed by atoms with E-state index in [2.05, 4.69) is 12.2 Å². The molecule has 17 heavy (non-hydrogen) atoms. The first-order chi connectivity index (χ1) is 8.31. The molecule has 2 nitrogen and oxygen atoms in total. The molecule has 0 bridgehead atoms. The Labute approximate surface area is 102 Å². The molecular weight excluding hydrogens is 217 g/mol. The van der Waals surface area contributed by atoms with Gasteiger partial charge in [0.05, 0.1) is 12.1 Å². The normalized spacial score (nSPS) is 22.4. The van der Waals surface area contributed by atoms with Gasteiger partial charge in [-0.3, -0.25) is 0 Å². The Morgan fingerprint density at radius 3 is 2.71 bits per heavy atom. The number of hydrogen-bond acceptors (Lipinski definition) is 2. The third-order valence-electron chi connectivity index (χ3n) is 3.24. The topological polar surface area (TPSA) is 21.3 Å². The van der Waals surface area contributed by atoms with Gasteiger partial charge >= 0.3 is 0 Å². The van der Waals surface area contributed by atoms with Crippen molar-refractivity contribution in [3.63, 3.8) is 0 Å². The molecule has 2 atom stereocenters. The van der Waals surface area contributed by atoms with Crippen LogP contribution >= 0.6 is 0 Å². The van der Waals surface area contributed by atoms with Gasteiger partial charge in [-0.05, 0) is 43.5 Å². The van der Waals surface area contributed by atoms with E-state index < -0.39 is 0 Å². The predicted molar refractivity (Wildman–Crippen MR) is 66.4 cm³/mol. The predicted octanol–water partition coefficient (Wildman–Crippen LogP) is 3.05. The quantitative estimate of drug-likeness (QED) is 0.869. The Morgan fingerprint density at radius 2 is 2.12 bits per heavy atom. The van der Waals surface area contributed by atoms with E-state index in [9.17, 15) is 4.39 Å². The summed E-state index contributed by atoms with van der Waals surface area (Å²) in [6, 6.07) is 6.91. The summed E-state index contributed by atoms with van der Waals surface area (Å²) in [7, 11) is 0. The molecule has 2 rings (SSSR count). The third kappa shape index (κ3) is 3.27. The number of nitrogens with one attached hydrogen (secondary N) is 1. The summed E-state index contributed by atoms with van der Waals surface area (Å²) >= 11 is 0. The summed E-state index contributed by atoms with van der Waals surface area (Å²) in [6.45, 7) is 3.81. The molecule has 0 aliphatic carbocycles. The summed E-state index contributed by atoms with van der Waals surface area (Å²) in [4.78, 5) is 0. The maximum Gasteiger partial charge on any atom is 0.123 e. The fourth-order valence-electron chi connectivity index (χ4n) is 2.38. The second kappa shape index (κ2) is 6.12. The van der Waals surface area contributed by atoms with Gasteiger partial charge < -0.3 is 10.1 Å². The zero-order valence-corrected chi connectivity index (χ0v) is 10.3. The van der Waals surface area contributed by atoms with E-state index in [1.165, 1.54) is 18.6 Å². The van der Waals surface area contributed by atoms with Crippen molar-refractivity contribution in [3.8, 4) is 0 Å². The molecule has 1 aliphatic rings. The summed E-state index contributed by atoms with van der Waals surface area (Å²) < 4.78 is 18.7. The maximum absolute atomic E-state index is 12.9. The van der Waals surface area contributed by atoms with Crippen molar-refractivity contribution in [2.45, 2.75) is 38.3 Å². The molecule has 2 unspecified atom stereocenters. The van der Waals surface area contributed by atoms with E-state index in [0.717, 1.165) is 31.6 Å². The molecule has 1 aliphatic heterocycles. The van der Waals surface area contributed by atoms with Crippen LogP contribution in [-0.2, 0) is 4.74 Å². The van der Waals surface area contributed by atoms with Gasteiger partial charge in [-0.2, -0.15) is 0 Å². The van der Waals surface area contributed by atoms with Gasteiger partial charge in [0.15, 0.2) is 0 Å². The van der Waals surface area contributed by atoms with Gasteiger partial charge in [0.1, 0.15) is 5.82 Å². The Bertz CT molecular complexity index is 333. The van der Waals surface area contributed by atoms with Crippen molar-refractivity contribution in [2.24, 2.45) is 0 Å². The minimum atomic E-state index is -0.187. The standard InChI is InChI=1S/C14H20FNO/c1-2-16-14(13-5-3-4-10-17-13)11-6-8-12(15)9-7-11/h6-9,13-14,16H,2-5,10H2,1H3. The molecule has 0 amide bonds. The van der Waals surface area contributed by atoms with E-state index in [0.29, 0.717) is 0 Å². The highest BCUT2D eigenvalue weighted by Crippen LogP contribution is 2.26. The zero-order chi connectivity index (χ0) is 12.1. The summed E-state index contributed by atoms with van der Waals surface area (Å²) in [5, 5.41) is 3.44. The molecule has 0 saturated carbocycles. The van der Waals surface area contributed by atoms with Crippen molar-refractivity contribution in [1.29, 1.82) is 0 Å². The summed E-state index contributed by atoms with van der Waals surface area (Å²) in [5.41, 5.74) is 1.11. The van der Waals surface area contributed by atoms with Crippen molar-refractivity contribution in [3.05, 3.63) is 35.6 Å². The number of hydrogen-bond donors (Lipinski definition) is 1. The van der Waals surface area contributed by atoms with Gasteiger partial charge in [0.2, 0.25) is 0 Å². The van der Waals surface area contributed by atoms with Crippen molar-refractivity contribution < 1.29 is 9.13 Å². The highest BCUT2D eigenvalue weighted by atomic mass is 19.1. The zero-order valence-electron chi connectivity index (χ0n) is 10.3. The van der Waals surface area contributed by atoms with Gasteiger partial charge in [-0.1, -0.05) is 19.1 Å². The second-order valence-electron chi connectivity index (χ2n) is 4.49. The summed E-state index contributed by atoms with van der Waals surface area (Å²) in [6.07, 6.45) is 3.66. The molecular formula is C14H20FNO. The SMILES string of the molecule is CCNC(c1ccc(F)cc1)C1CCCCO1. The molecule has 1 aromatic rings. The summed E-state index contributed by atoms with van der Waals surface area (Å²) in [5.74, 6) is -0.187. The average molecular weight is 237 g/mol. The lowest BCUT2D eigenvalue weighted by atomic mass is 9.95. The minimum absolute atomic E-state index is 0.181.